The Morgan fingerprint density at radius 1 is 0.703 bits per heavy atom. The Balaban J connectivity index is 0.00000190. The number of carbonyl (C=O) groups is 1. The second kappa shape index (κ2) is 14.1. The summed E-state index contributed by atoms with van der Waals surface area (Å²) in [5.74, 6) is 0.250. The van der Waals surface area contributed by atoms with Crippen molar-refractivity contribution < 1.29 is 47.0 Å². The van der Waals surface area contributed by atoms with Crippen molar-refractivity contribution in [2.75, 3.05) is 0 Å². The van der Waals surface area contributed by atoms with E-state index in [1.54, 1.807) is 0 Å². The van der Waals surface area contributed by atoms with E-state index in [1.165, 1.54) is 32.6 Å². The molecule has 0 saturated carbocycles. The van der Waals surface area contributed by atoms with E-state index in [2.05, 4.69) is 120 Å². The average molecular weight is 581 g/mol. The van der Waals surface area contributed by atoms with Crippen LogP contribution in [-0.2, 0) is 22.2 Å². The summed E-state index contributed by atoms with van der Waals surface area (Å²) in [6.07, 6.45) is 3.83. The SMILES string of the molecule is CCCCCC(=O)[NH][Ti+2]([CH]1c2ccccc2-c2ccccc21)[SiH](c1ccccc1)c1ccccc1.[Cl-].[Cl-]. The summed E-state index contributed by atoms with van der Waals surface area (Å²) < 4.78 is 4.09. The molecule has 2 nitrogen and oxygen atoms in total. The molecule has 0 aromatic heterocycles. The number of carbonyl (C=O) groups excluding carboxylic acids is 1. The zero-order valence-corrected chi connectivity index (χ0v) is 25.3. The van der Waals surface area contributed by atoms with Crippen LogP contribution in [-0.4, -0.2) is 12.6 Å². The molecular weight excluding hydrogens is 549 g/mol. The molecule has 1 aliphatic rings. The van der Waals surface area contributed by atoms with Crippen LogP contribution in [0.15, 0.2) is 109 Å². The van der Waals surface area contributed by atoms with Gasteiger partial charge in [-0.2, -0.15) is 0 Å². The number of hydrogen-bond acceptors (Lipinski definition) is 1. The average Bonchev–Trinajstić information content (AvgIpc) is 3.24. The van der Waals surface area contributed by atoms with Gasteiger partial charge in [0.15, 0.2) is 0 Å². The predicted molar refractivity (Wildman–Crippen MR) is 145 cm³/mol. The van der Waals surface area contributed by atoms with Crippen LogP contribution >= 0.6 is 0 Å². The number of nitrogens with one attached hydrogen (secondary N) is 1. The van der Waals surface area contributed by atoms with Crippen LogP contribution in [0.25, 0.3) is 11.1 Å². The maximum atomic E-state index is 13.4. The summed E-state index contributed by atoms with van der Waals surface area (Å²) in [6, 6.07) is 39.8. The van der Waals surface area contributed by atoms with Crippen molar-refractivity contribution in [1.29, 1.82) is 0 Å². The maximum absolute atomic E-state index is 13.4. The smallest absolute Gasteiger partial charge is 1.00 e. The molecule has 0 aliphatic heterocycles. The Kier molecular flexibility index (Phi) is 11.2. The molecule has 4 aromatic rings. The first-order chi connectivity index (χ1) is 17.3. The van der Waals surface area contributed by atoms with Crippen molar-refractivity contribution in [3.05, 3.63) is 120 Å². The van der Waals surface area contributed by atoms with E-state index in [4.69, 9.17) is 0 Å². The molecule has 0 heterocycles. The van der Waals surface area contributed by atoms with Crippen molar-refractivity contribution in [3.63, 3.8) is 0 Å². The number of hydrogen-bond donors (Lipinski definition) is 1. The molecule has 1 aliphatic carbocycles. The van der Waals surface area contributed by atoms with Crippen molar-refractivity contribution in [3.8, 4) is 11.1 Å². The van der Waals surface area contributed by atoms with E-state index in [9.17, 15) is 4.79 Å². The van der Waals surface area contributed by atoms with Crippen LogP contribution in [0.1, 0.15) is 48.0 Å². The molecule has 0 radical (unpaired) electrons. The number of unbranched alkanes of at least 4 members (excludes halogenated alkanes) is 2. The predicted octanol–water partition coefficient (Wildman–Crippen LogP) is -0.468. The second-order valence-corrected chi connectivity index (χ2v) is 19.5. The Morgan fingerprint density at radius 2 is 1.16 bits per heavy atom. The summed E-state index contributed by atoms with van der Waals surface area (Å²) in [6.45, 7) is 0.493. The number of fused-ring (bicyclic) bond motifs is 3. The summed E-state index contributed by atoms with van der Waals surface area (Å²) in [4.78, 5) is 13.4. The van der Waals surface area contributed by atoms with E-state index in [-0.39, 0.29) is 30.7 Å². The monoisotopic (exact) mass is 580 g/mol. The van der Waals surface area contributed by atoms with Crippen LogP contribution < -0.4 is 39.0 Å². The van der Waals surface area contributed by atoms with Gasteiger partial charge in [-0.3, -0.25) is 0 Å². The van der Waals surface area contributed by atoms with Crippen molar-refractivity contribution in [2.24, 2.45) is 0 Å². The Bertz CT molecular complexity index is 1200. The molecule has 0 unspecified atom stereocenters. The van der Waals surface area contributed by atoms with Crippen molar-refractivity contribution in [1.82, 2.24) is 3.80 Å². The van der Waals surface area contributed by atoms with Crippen LogP contribution in [0.2, 0.25) is 0 Å². The van der Waals surface area contributed by atoms with Crippen LogP contribution in [0.4, 0.5) is 0 Å². The number of benzene rings is 4. The van der Waals surface area contributed by atoms with Crippen molar-refractivity contribution in [2.45, 2.75) is 36.8 Å². The molecule has 0 bridgehead atoms. The molecule has 0 spiro atoms. The summed E-state index contributed by atoms with van der Waals surface area (Å²) >= 11 is -2.28. The quantitative estimate of drug-likeness (QED) is 0.211. The fourth-order valence-electron chi connectivity index (χ4n) is 5.40. The van der Waals surface area contributed by atoms with E-state index in [0.29, 0.717) is 10.6 Å². The largest absolute Gasteiger partial charge is 1.00 e. The Morgan fingerprint density at radius 3 is 1.65 bits per heavy atom. The molecule has 1 N–H and O–H groups in total. The van der Waals surface area contributed by atoms with Gasteiger partial charge in [0.1, 0.15) is 0 Å². The molecule has 0 fully saturated rings. The maximum Gasteiger partial charge on any atom is -1.00 e. The summed E-state index contributed by atoms with van der Waals surface area (Å²) in [7, 11) is 0. The van der Waals surface area contributed by atoms with Crippen molar-refractivity contribution >= 4 is 22.9 Å². The molecule has 6 heteroatoms. The van der Waals surface area contributed by atoms with Gasteiger partial charge in [0.2, 0.25) is 0 Å². The van der Waals surface area contributed by atoms with Gasteiger partial charge >= 0.3 is 217 Å². The molecule has 4 aromatic carbocycles. The van der Waals surface area contributed by atoms with E-state index < -0.39 is 24.0 Å². The van der Waals surface area contributed by atoms with Gasteiger partial charge < -0.3 is 24.8 Å². The minimum Gasteiger partial charge on any atom is -1.00 e. The van der Waals surface area contributed by atoms with Crippen LogP contribution in [0, 0.1) is 0 Å². The van der Waals surface area contributed by atoms with Gasteiger partial charge in [-0.05, 0) is 0 Å². The normalized spacial score (nSPS) is 11.6. The molecule has 1 amide bonds. The third kappa shape index (κ3) is 6.47. The molecule has 37 heavy (non-hydrogen) atoms. The van der Waals surface area contributed by atoms with E-state index in [0.717, 1.165) is 19.3 Å². The van der Waals surface area contributed by atoms with E-state index in [1.807, 2.05) is 0 Å². The standard InChI is InChI=1S/C13H9.C12H11Si.C6H13NO.2ClH.Ti/c1-3-7-12-10(5-1)9-11-6-2-4-8-13(11)12;1-3-7-11(8-4-1)13-12-9-5-2-6-10-12;1-2-3-4-5-6(7)8;;;/h1-9H;1-10,13H;2-5H2,1H3,(H2,7,8);2*1H;/q;;;;;+3/p-3. The fraction of sp³-hybridized carbons (Fsp3) is 0.194. The molecule has 5 rings (SSSR count). The first kappa shape index (κ1) is 29.4. The van der Waals surface area contributed by atoms with Gasteiger partial charge in [-0.15, -0.1) is 0 Å². The summed E-state index contributed by atoms with van der Waals surface area (Å²) in [5.41, 5.74) is 5.49. The molecule has 0 atom stereocenters. The zero-order chi connectivity index (χ0) is 24.0. The minimum absolute atomic E-state index is 0. The Labute approximate surface area is 240 Å². The Hall–Kier alpha value is -2.14. The third-order valence-electron chi connectivity index (χ3n) is 7.01. The van der Waals surface area contributed by atoms with E-state index >= 15 is 0 Å². The van der Waals surface area contributed by atoms with Gasteiger partial charge in [0.05, 0.1) is 0 Å². The molecular formula is C31H32Cl2NOSiTi. The zero-order valence-electron chi connectivity index (χ0n) is 21.0. The third-order valence-corrected chi connectivity index (χ3v) is 20.6. The summed E-state index contributed by atoms with van der Waals surface area (Å²) in [5, 5.41) is 2.87. The number of amides is 1. The second-order valence-electron chi connectivity index (χ2n) is 9.32. The number of halogens is 2. The van der Waals surface area contributed by atoms with Crippen LogP contribution in [0.3, 0.4) is 0 Å². The first-order valence-electron chi connectivity index (χ1n) is 12.7. The fourth-order valence-corrected chi connectivity index (χ4v) is 20.5. The number of rotatable bonds is 9. The van der Waals surface area contributed by atoms with Gasteiger partial charge in [0, 0.05) is 0 Å². The molecule has 189 valence electrons. The van der Waals surface area contributed by atoms with Gasteiger partial charge in [-0.1, -0.05) is 0 Å². The minimum atomic E-state index is -2.28. The van der Waals surface area contributed by atoms with Gasteiger partial charge in [-0.25, -0.2) is 0 Å². The van der Waals surface area contributed by atoms with Gasteiger partial charge in [0.25, 0.3) is 0 Å². The van der Waals surface area contributed by atoms with Crippen LogP contribution in [0.5, 0.6) is 0 Å². The first-order valence-corrected chi connectivity index (χ1v) is 18.8. The topological polar surface area (TPSA) is 29.1 Å². The molecule has 0 saturated heterocycles.